The molecule has 1 atom stereocenters. The van der Waals surface area contributed by atoms with Gasteiger partial charge in [-0.1, -0.05) is 18.2 Å². The van der Waals surface area contributed by atoms with Crippen molar-refractivity contribution in [1.29, 1.82) is 0 Å². The second-order valence-electron chi connectivity index (χ2n) is 7.52. The number of carbonyl (C=O) groups is 2. The van der Waals surface area contributed by atoms with Gasteiger partial charge in [0, 0.05) is 23.4 Å². The minimum Gasteiger partial charge on any atom is -0.377 e. The number of halogens is 1. The summed E-state index contributed by atoms with van der Waals surface area (Å²) in [6.07, 6.45) is 1.26. The van der Waals surface area contributed by atoms with Crippen LogP contribution in [0.5, 0.6) is 0 Å². The zero-order valence-electron chi connectivity index (χ0n) is 15.8. The Labute approximate surface area is 163 Å². The summed E-state index contributed by atoms with van der Waals surface area (Å²) in [5.41, 5.74) is 0.824. The summed E-state index contributed by atoms with van der Waals surface area (Å²) in [5.74, 6) is -0.604. The van der Waals surface area contributed by atoms with Gasteiger partial charge in [-0.2, -0.15) is 0 Å². The van der Waals surface area contributed by atoms with E-state index < -0.39 is 5.41 Å². The van der Waals surface area contributed by atoms with Crippen LogP contribution >= 0.6 is 0 Å². The molecule has 28 heavy (non-hydrogen) atoms. The van der Waals surface area contributed by atoms with E-state index in [1.165, 1.54) is 6.07 Å². The molecule has 1 saturated heterocycles. The zero-order chi connectivity index (χ0) is 19.7. The molecule has 6 heteroatoms. The van der Waals surface area contributed by atoms with Crippen molar-refractivity contribution in [2.24, 2.45) is 0 Å². The van der Waals surface area contributed by atoms with E-state index in [-0.39, 0.29) is 23.7 Å². The van der Waals surface area contributed by atoms with E-state index >= 15 is 0 Å². The lowest BCUT2D eigenvalue weighted by atomic mass is 9.94. The molecule has 1 saturated carbocycles. The predicted molar refractivity (Wildman–Crippen MR) is 104 cm³/mol. The first kappa shape index (κ1) is 18.6. The van der Waals surface area contributed by atoms with Gasteiger partial charge in [0.1, 0.15) is 5.82 Å². The van der Waals surface area contributed by atoms with Crippen LogP contribution in [0.1, 0.15) is 35.7 Å². The number of hydrogen-bond acceptors (Lipinski definition) is 3. The Hall–Kier alpha value is -2.73. The van der Waals surface area contributed by atoms with Crippen molar-refractivity contribution in [1.82, 2.24) is 4.90 Å². The molecule has 1 unspecified atom stereocenters. The molecule has 1 N–H and O–H groups in total. The smallest absolute Gasteiger partial charge is 0.254 e. The van der Waals surface area contributed by atoms with E-state index in [1.54, 1.807) is 47.4 Å². The van der Waals surface area contributed by atoms with Crippen LogP contribution in [0.15, 0.2) is 48.5 Å². The molecule has 0 bridgehead atoms. The number of nitrogens with one attached hydrogen (secondary N) is 1. The van der Waals surface area contributed by atoms with Crippen molar-refractivity contribution in [2.45, 2.75) is 31.2 Å². The highest BCUT2D eigenvalue weighted by Gasteiger charge is 2.52. The maximum atomic E-state index is 14.1. The van der Waals surface area contributed by atoms with Crippen LogP contribution in [0.3, 0.4) is 0 Å². The lowest BCUT2D eigenvalue weighted by Gasteiger charge is -2.33. The van der Waals surface area contributed by atoms with Crippen molar-refractivity contribution in [3.8, 4) is 0 Å². The minimum absolute atomic E-state index is 0.0381. The first-order chi connectivity index (χ1) is 13.5. The summed E-state index contributed by atoms with van der Waals surface area (Å²) in [7, 11) is 0. The van der Waals surface area contributed by atoms with Crippen LogP contribution < -0.4 is 5.32 Å². The van der Waals surface area contributed by atoms with Gasteiger partial charge in [-0.05, 0) is 50.1 Å². The highest BCUT2D eigenvalue weighted by Crippen LogP contribution is 2.49. The minimum atomic E-state index is -0.789. The van der Waals surface area contributed by atoms with E-state index in [1.807, 2.05) is 6.92 Å². The van der Waals surface area contributed by atoms with Gasteiger partial charge in [0.25, 0.3) is 5.91 Å². The van der Waals surface area contributed by atoms with E-state index in [0.29, 0.717) is 49.4 Å². The molecular weight excluding hydrogens is 359 g/mol. The molecule has 1 heterocycles. The number of nitrogens with zero attached hydrogens (tertiary/aromatic N) is 1. The normalized spacial score (nSPS) is 20.5. The van der Waals surface area contributed by atoms with Gasteiger partial charge in [-0.15, -0.1) is 0 Å². The summed E-state index contributed by atoms with van der Waals surface area (Å²) in [6, 6.07) is 13.3. The van der Waals surface area contributed by atoms with Crippen LogP contribution in [-0.4, -0.2) is 42.5 Å². The SMILES string of the molecule is CC1COCCN1C(=O)c1ccc(NC(=O)C2(c3ccccc3F)CC2)cc1. The van der Waals surface area contributed by atoms with Crippen molar-refractivity contribution >= 4 is 17.5 Å². The van der Waals surface area contributed by atoms with Gasteiger partial charge >= 0.3 is 0 Å². The number of rotatable bonds is 4. The van der Waals surface area contributed by atoms with Gasteiger partial charge in [-0.3, -0.25) is 9.59 Å². The Morgan fingerprint density at radius 2 is 1.86 bits per heavy atom. The number of ether oxygens (including phenoxy) is 1. The molecule has 1 aliphatic heterocycles. The fourth-order valence-corrected chi connectivity index (χ4v) is 3.73. The monoisotopic (exact) mass is 382 g/mol. The molecule has 5 nitrogen and oxygen atoms in total. The van der Waals surface area contributed by atoms with Crippen molar-refractivity contribution < 1.29 is 18.7 Å². The van der Waals surface area contributed by atoms with E-state index in [9.17, 15) is 14.0 Å². The molecule has 2 aromatic carbocycles. The summed E-state index contributed by atoms with van der Waals surface area (Å²) >= 11 is 0. The topological polar surface area (TPSA) is 58.6 Å². The molecule has 1 aliphatic carbocycles. The Morgan fingerprint density at radius 1 is 1.14 bits per heavy atom. The average Bonchev–Trinajstić information content (AvgIpc) is 3.51. The number of hydrogen-bond donors (Lipinski definition) is 1. The Bertz CT molecular complexity index is 893. The lowest BCUT2D eigenvalue weighted by molar-refractivity contribution is -0.118. The van der Waals surface area contributed by atoms with E-state index in [0.717, 1.165) is 0 Å². The van der Waals surface area contributed by atoms with Gasteiger partial charge in [-0.25, -0.2) is 4.39 Å². The summed E-state index contributed by atoms with van der Waals surface area (Å²) < 4.78 is 19.5. The number of morpholine rings is 1. The Morgan fingerprint density at radius 3 is 2.50 bits per heavy atom. The maximum absolute atomic E-state index is 14.1. The predicted octanol–water partition coefficient (Wildman–Crippen LogP) is 3.36. The fourth-order valence-electron chi connectivity index (χ4n) is 3.73. The first-order valence-electron chi connectivity index (χ1n) is 9.56. The molecule has 2 aliphatic rings. The highest BCUT2D eigenvalue weighted by atomic mass is 19.1. The van der Waals surface area contributed by atoms with Gasteiger partial charge in [0.15, 0.2) is 0 Å². The van der Waals surface area contributed by atoms with Crippen molar-refractivity contribution in [2.75, 3.05) is 25.1 Å². The number of anilines is 1. The van der Waals surface area contributed by atoms with E-state index in [2.05, 4.69) is 5.32 Å². The van der Waals surface area contributed by atoms with Crippen LogP contribution in [0.2, 0.25) is 0 Å². The molecule has 0 radical (unpaired) electrons. The second-order valence-corrected chi connectivity index (χ2v) is 7.52. The molecule has 0 spiro atoms. The Kier molecular flexibility index (Phi) is 4.89. The number of benzene rings is 2. The molecular formula is C22H23FN2O3. The third kappa shape index (κ3) is 3.40. The van der Waals surface area contributed by atoms with Gasteiger partial charge < -0.3 is 15.0 Å². The molecule has 146 valence electrons. The van der Waals surface area contributed by atoms with Gasteiger partial charge in [0.05, 0.1) is 24.7 Å². The van der Waals surface area contributed by atoms with Crippen LogP contribution in [0.4, 0.5) is 10.1 Å². The van der Waals surface area contributed by atoms with Crippen molar-refractivity contribution in [3.05, 3.63) is 65.5 Å². The quantitative estimate of drug-likeness (QED) is 0.882. The van der Waals surface area contributed by atoms with Crippen LogP contribution in [-0.2, 0) is 14.9 Å². The maximum Gasteiger partial charge on any atom is 0.254 e. The van der Waals surface area contributed by atoms with Crippen LogP contribution in [0.25, 0.3) is 0 Å². The second kappa shape index (κ2) is 7.36. The van der Waals surface area contributed by atoms with Crippen molar-refractivity contribution in [3.63, 3.8) is 0 Å². The number of carbonyl (C=O) groups excluding carboxylic acids is 2. The van der Waals surface area contributed by atoms with E-state index in [4.69, 9.17) is 4.74 Å². The summed E-state index contributed by atoms with van der Waals surface area (Å²) in [6.45, 7) is 3.62. The molecule has 0 aromatic heterocycles. The van der Waals surface area contributed by atoms with Crippen LogP contribution in [0, 0.1) is 5.82 Å². The average molecular weight is 382 g/mol. The third-order valence-electron chi connectivity index (χ3n) is 5.59. The fraction of sp³-hybridized carbons (Fsp3) is 0.364. The molecule has 2 amide bonds. The first-order valence-corrected chi connectivity index (χ1v) is 9.56. The molecule has 4 rings (SSSR count). The molecule has 2 aromatic rings. The Balaban J connectivity index is 1.46. The van der Waals surface area contributed by atoms with Gasteiger partial charge in [0.2, 0.25) is 5.91 Å². The lowest BCUT2D eigenvalue weighted by Crippen LogP contribution is -2.47. The summed E-state index contributed by atoms with van der Waals surface area (Å²) in [4.78, 5) is 27.3. The largest absolute Gasteiger partial charge is 0.377 e. The standard InChI is InChI=1S/C22H23FN2O3/c1-15-14-28-13-12-25(15)20(26)16-6-8-17(9-7-16)24-21(27)22(10-11-22)18-4-2-3-5-19(18)23/h2-9,15H,10-14H2,1H3,(H,24,27). The highest BCUT2D eigenvalue weighted by molar-refractivity contribution is 6.02. The zero-order valence-corrected chi connectivity index (χ0v) is 15.8. The third-order valence-corrected chi connectivity index (χ3v) is 5.59. The summed E-state index contributed by atoms with van der Waals surface area (Å²) in [5, 5.41) is 2.87. The molecule has 2 fully saturated rings. The number of amides is 2.